The SMILES string of the molecule is CCOC(=O)c1nc2c(C3CC3)nc(Br)cn2c1Br. The number of imidazole rings is 1. The van der Waals surface area contributed by atoms with Crippen molar-refractivity contribution in [2.45, 2.75) is 25.7 Å². The minimum absolute atomic E-state index is 0.295. The summed E-state index contributed by atoms with van der Waals surface area (Å²) >= 11 is 6.81. The van der Waals surface area contributed by atoms with Crippen LogP contribution in [-0.2, 0) is 4.74 Å². The summed E-state index contributed by atoms with van der Waals surface area (Å²) < 4.78 is 8.17. The Labute approximate surface area is 126 Å². The van der Waals surface area contributed by atoms with Crippen LogP contribution >= 0.6 is 31.9 Å². The highest BCUT2D eigenvalue weighted by atomic mass is 79.9. The van der Waals surface area contributed by atoms with E-state index in [1.54, 1.807) is 13.1 Å². The third-order valence-electron chi connectivity index (χ3n) is 2.98. The van der Waals surface area contributed by atoms with E-state index in [2.05, 4.69) is 41.8 Å². The molecule has 0 saturated heterocycles. The van der Waals surface area contributed by atoms with Crippen LogP contribution < -0.4 is 0 Å². The average Bonchev–Trinajstić information content (AvgIpc) is 3.15. The van der Waals surface area contributed by atoms with E-state index >= 15 is 0 Å². The third-order valence-corrected chi connectivity index (χ3v) is 4.12. The molecule has 0 bridgehead atoms. The molecule has 7 heteroatoms. The zero-order valence-electron chi connectivity index (χ0n) is 10.2. The van der Waals surface area contributed by atoms with Gasteiger partial charge >= 0.3 is 5.97 Å². The van der Waals surface area contributed by atoms with E-state index in [0.29, 0.717) is 22.8 Å². The summed E-state index contributed by atoms with van der Waals surface area (Å²) in [7, 11) is 0. The molecule has 0 spiro atoms. The van der Waals surface area contributed by atoms with Gasteiger partial charge in [-0.15, -0.1) is 0 Å². The number of ether oxygens (including phenoxy) is 1. The second-order valence-corrected chi connectivity index (χ2v) is 5.95. The van der Waals surface area contributed by atoms with Crippen LogP contribution in [0.15, 0.2) is 15.4 Å². The zero-order chi connectivity index (χ0) is 13.6. The molecule has 1 aliphatic carbocycles. The molecule has 19 heavy (non-hydrogen) atoms. The Morgan fingerprint density at radius 1 is 1.47 bits per heavy atom. The molecule has 0 N–H and O–H groups in total. The van der Waals surface area contributed by atoms with Gasteiger partial charge in [-0.05, 0) is 51.6 Å². The van der Waals surface area contributed by atoms with Gasteiger partial charge in [0, 0.05) is 12.1 Å². The summed E-state index contributed by atoms with van der Waals surface area (Å²) in [5.41, 5.74) is 1.95. The van der Waals surface area contributed by atoms with Crippen molar-refractivity contribution in [3.63, 3.8) is 0 Å². The van der Waals surface area contributed by atoms with E-state index in [0.717, 1.165) is 28.8 Å². The minimum Gasteiger partial charge on any atom is -0.461 e. The first-order chi connectivity index (χ1) is 9.11. The van der Waals surface area contributed by atoms with Crippen LogP contribution in [0.1, 0.15) is 41.9 Å². The molecular formula is C12H11Br2N3O2. The van der Waals surface area contributed by atoms with E-state index in [1.807, 2.05) is 4.40 Å². The summed E-state index contributed by atoms with van der Waals surface area (Å²) in [6.45, 7) is 2.10. The Hall–Kier alpha value is -0.950. The van der Waals surface area contributed by atoms with Crippen LogP contribution in [0.4, 0.5) is 0 Å². The van der Waals surface area contributed by atoms with Crippen LogP contribution in [0.2, 0.25) is 0 Å². The number of carbonyl (C=O) groups is 1. The predicted octanol–water partition coefficient (Wildman–Crippen LogP) is 3.31. The van der Waals surface area contributed by atoms with Gasteiger partial charge in [-0.3, -0.25) is 4.40 Å². The number of esters is 1. The van der Waals surface area contributed by atoms with Gasteiger partial charge in [0.2, 0.25) is 0 Å². The first-order valence-electron chi connectivity index (χ1n) is 6.03. The van der Waals surface area contributed by atoms with E-state index in [1.165, 1.54) is 0 Å². The van der Waals surface area contributed by atoms with Crippen molar-refractivity contribution >= 4 is 43.5 Å². The van der Waals surface area contributed by atoms with E-state index in [9.17, 15) is 4.79 Å². The van der Waals surface area contributed by atoms with E-state index in [-0.39, 0.29) is 0 Å². The third kappa shape index (κ3) is 2.29. The maximum absolute atomic E-state index is 11.9. The number of fused-ring (bicyclic) bond motifs is 1. The summed E-state index contributed by atoms with van der Waals surface area (Å²) in [5, 5.41) is 0. The zero-order valence-corrected chi connectivity index (χ0v) is 13.4. The lowest BCUT2D eigenvalue weighted by Crippen LogP contribution is -2.05. The first kappa shape index (κ1) is 13.1. The fraction of sp³-hybridized carbons (Fsp3) is 0.417. The number of nitrogens with zero attached hydrogens (tertiary/aromatic N) is 3. The quantitative estimate of drug-likeness (QED) is 0.757. The van der Waals surface area contributed by atoms with Crippen LogP contribution in [0.5, 0.6) is 0 Å². The molecule has 100 valence electrons. The van der Waals surface area contributed by atoms with Crippen LogP contribution in [-0.4, -0.2) is 26.9 Å². The molecule has 0 aliphatic heterocycles. The second kappa shape index (κ2) is 4.86. The molecule has 3 rings (SSSR count). The van der Waals surface area contributed by atoms with Crippen molar-refractivity contribution in [1.82, 2.24) is 14.4 Å². The van der Waals surface area contributed by atoms with Gasteiger partial charge in [0.1, 0.15) is 9.21 Å². The predicted molar refractivity (Wildman–Crippen MR) is 76.3 cm³/mol. The largest absolute Gasteiger partial charge is 0.461 e. The molecule has 2 aromatic heterocycles. The standard InChI is InChI=1S/C12H11Br2N3O2/c1-2-19-12(18)9-10(14)17-5-7(13)15-8(6-3-4-6)11(17)16-9/h5-6H,2-4H2,1H3. The summed E-state index contributed by atoms with van der Waals surface area (Å²) in [6, 6.07) is 0. The number of halogens is 2. The number of carbonyl (C=O) groups excluding carboxylic acids is 1. The van der Waals surface area contributed by atoms with Crippen molar-refractivity contribution in [3.8, 4) is 0 Å². The molecule has 2 heterocycles. The molecule has 0 unspecified atom stereocenters. The lowest BCUT2D eigenvalue weighted by molar-refractivity contribution is 0.0519. The average molecular weight is 389 g/mol. The highest BCUT2D eigenvalue weighted by molar-refractivity contribution is 9.10. The summed E-state index contributed by atoms with van der Waals surface area (Å²) in [4.78, 5) is 20.7. The Kier molecular flexibility index (Phi) is 3.34. The molecule has 1 fully saturated rings. The van der Waals surface area contributed by atoms with E-state index < -0.39 is 5.97 Å². The van der Waals surface area contributed by atoms with Crippen molar-refractivity contribution < 1.29 is 9.53 Å². The van der Waals surface area contributed by atoms with Gasteiger partial charge in [-0.25, -0.2) is 14.8 Å². The number of hydrogen-bond donors (Lipinski definition) is 0. The summed E-state index contributed by atoms with van der Waals surface area (Å²) in [5.74, 6) is 0.0280. The van der Waals surface area contributed by atoms with Crippen molar-refractivity contribution in [2.75, 3.05) is 6.61 Å². The Bertz CT molecular complexity index is 665. The normalized spacial score (nSPS) is 14.9. The molecule has 0 radical (unpaired) electrons. The molecule has 1 saturated carbocycles. The van der Waals surface area contributed by atoms with Gasteiger partial charge in [0.15, 0.2) is 11.3 Å². The smallest absolute Gasteiger partial charge is 0.359 e. The lowest BCUT2D eigenvalue weighted by atomic mass is 10.3. The summed E-state index contributed by atoms with van der Waals surface area (Å²) in [6.07, 6.45) is 4.04. The fourth-order valence-corrected chi connectivity index (χ4v) is 2.89. The Balaban J connectivity index is 2.19. The topological polar surface area (TPSA) is 56.5 Å². The van der Waals surface area contributed by atoms with Crippen LogP contribution in [0.3, 0.4) is 0 Å². The molecule has 5 nitrogen and oxygen atoms in total. The molecule has 0 amide bonds. The van der Waals surface area contributed by atoms with Gasteiger partial charge in [0.25, 0.3) is 0 Å². The Morgan fingerprint density at radius 2 is 2.21 bits per heavy atom. The highest BCUT2D eigenvalue weighted by Gasteiger charge is 2.30. The van der Waals surface area contributed by atoms with E-state index in [4.69, 9.17) is 4.74 Å². The number of aromatic nitrogens is 3. The van der Waals surface area contributed by atoms with Gasteiger partial charge < -0.3 is 4.74 Å². The first-order valence-corrected chi connectivity index (χ1v) is 7.61. The molecular weight excluding hydrogens is 378 g/mol. The minimum atomic E-state index is -0.420. The monoisotopic (exact) mass is 387 g/mol. The maximum Gasteiger partial charge on any atom is 0.359 e. The van der Waals surface area contributed by atoms with Gasteiger partial charge in [-0.1, -0.05) is 0 Å². The maximum atomic E-state index is 11.9. The van der Waals surface area contributed by atoms with Crippen molar-refractivity contribution in [2.24, 2.45) is 0 Å². The molecule has 0 atom stereocenters. The van der Waals surface area contributed by atoms with Crippen LogP contribution in [0.25, 0.3) is 5.65 Å². The van der Waals surface area contributed by atoms with Crippen LogP contribution in [0, 0.1) is 0 Å². The molecule has 1 aliphatic rings. The lowest BCUT2D eigenvalue weighted by Gasteiger charge is -2.02. The highest BCUT2D eigenvalue weighted by Crippen LogP contribution is 2.41. The Morgan fingerprint density at radius 3 is 2.84 bits per heavy atom. The van der Waals surface area contributed by atoms with Crippen molar-refractivity contribution in [1.29, 1.82) is 0 Å². The second-order valence-electron chi connectivity index (χ2n) is 4.39. The molecule has 2 aromatic rings. The molecule has 0 aromatic carbocycles. The van der Waals surface area contributed by atoms with Gasteiger partial charge in [-0.2, -0.15) is 0 Å². The number of hydrogen-bond acceptors (Lipinski definition) is 4. The number of rotatable bonds is 3. The van der Waals surface area contributed by atoms with Crippen molar-refractivity contribution in [3.05, 3.63) is 26.8 Å². The fourth-order valence-electron chi connectivity index (χ4n) is 1.97. The van der Waals surface area contributed by atoms with Gasteiger partial charge in [0.05, 0.1) is 12.3 Å².